The zero-order chi connectivity index (χ0) is 18.7. The molecule has 0 heterocycles. The summed E-state index contributed by atoms with van der Waals surface area (Å²) in [5.41, 5.74) is 1.01. The van der Waals surface area contributed by atoms with Gasteiger partial charge in [0, 0.05) is 30.0 Å². The number of unbranched alkanes of at least 4 members (excludes halogenated alkanes) is 5. The molecule has 0 saturated heterocycles. The van der Waals surface area contributed by atoms with Crippen LogP contribution >= 0.6 is 0 Å². The molecule has 25 heavy (non-hydrogen) atoms. The fourth-order valence-corrected chi connectivity index (χ4v) is 2.74. The van der Waals surface area contributed by atoms with E-state index in [9.17, 15) is 19.7 Å². The molecule has 0 aromatic heterocycles. The molecule has 0 unspecified atom stereocenters. The fourth-order valence-electron chi connectivity index (χ4n) is 2.74. The van der Waals surface area contributed by atoms with Gasteiger partial charge >= 0.3 is 5.97 Å². The van der Waals surface area contributed by atoms with Crippen LogP contribution in [0.15, 0.2) is 18.2 Å². The third-order valence-electron chi connectivity index (χ3n) is 4.20. The first-order valence-corrected chi connectivity index (χ1v) is 8.98. The van der Waals surface area contributed by atoms with Gasteiger partial charge in [-0.25, -0.2) is 0 Å². The Bertz CT molecular complexity index is 597. The molecule has 0 spiro atoms. The Morgan fingerprint density at radius 3 is 2.36 bits per heavy atom. The van der Waals surface area contributed by atoms with Gasteiger partial charge in [0.05, 0.1) is 4.92 Å². The first-order chi connectivity index (χ1) is 12.0. The van der Waals surface area contributed by atoms with Gasteiger partial charge in [-0.3, -0.25) is 19.7 Å². The van der Waals surface area contributed by atoms with E-state index in [4.69, 9.17) is 5.11 Å². The molecule has 1 aromatic rings. The van der Waals surface area contributed by atoms with Crippen LogP contribution in [0.2, 0.25) is 0 Å². The number of carbonyl (C=O) groups is 2. The number of aliphatic carboxylic acids is 1. The second kappa shape index (κ2) is 11.3. The largest absolute Gasteiger partial charge is 0.481 e. The van der Waals surface area contributed by atoms with Crippen molar-refractivity contribution in [3.05, 3.63) is 39.4 Å². The summed E-state index contributed by atoms with van der Waals surface area (Å²) in [6.45, 7) is 2.14. The van der Waals surface area contributed by atoms with Gasteiger partial charge in [0.15, 0.2) is 5.78 Å². The summed E-state index contributed by atoms with van der Waals surface area (Å²) in [7, 11) is 0. The lowest BCUT2D eigenvalue weighted by atomic mass is 9.99. The topological polar surface area (TPSA) is 97.5 Å². The van der Waals surface area contributed by atoms with Crippen molar-refractivity contribution in [2.45, 2.75) is 71.1 Å². The van der Waals surface area contributed by atoms with Gasteiger partial charge in [0.25, 0.3) is 5.69 Å². The van der Waals surface area contributed by atoms with E-state index < -0.39 is 10.9 Å². The van der Waals surface area contributed by atoms with Crippen LogP contribution in [0.5, 0.6) is 0 Å². The van der Waals surface area contributed by atoms with E-state index in [0.29, 0.717) is 30.4 Å². The van der Waals surface area contributed by atoms with Gasteiger partial charge in [-0.2, -0.15) is 0 Å². The Kier molecular flexibility index (Phi) is 9.43. The van der Waals surface area contributed by atoms with Crippen LogP contribution < -0.4 is 0 Å². The molecule has 0 aliphatic rings. The molecule has 0 aliphatic carbocycles. The Labute approximate surface area is 148 Å². The molecule has 0 radical (unpaired) electrons. The number of nitro benzene ring substituents is 1. The average Bonchev–Trinajstić information content (AvgIpc) is 2.58. The number of hydrogen-bond acceptors (Lipinski definition) is 4. The van der Waals surface area contributed by atoms with E-state index in [1.807, 2.05) is 0 Å². The molecular weight excluding hydrogens is 322 g/mol. The predicted molar refractivity (Wildman–Crippen MR) is 96.0 cm³/mol. The van der Waals surface area contributed by atoms with E-state index in [0.717, 1.165) is 25.7 Å². The molecule has 1 rings (SSSR count). The SMILES string of the molecule is CCCCCCCc1ccc(C(=O)CCCCC(=O)O)cc1[N+](=O)[O-]. The molecule has 0 atom stereocenters. The number of Topliss-reactive ketones (excluding diaryl/α,β-unsaturated/α-hetero) is 1. The zero-order valence-corrected chi connectivity index (χ0v) is 14.8. The van der Waals surface area contributed by atoms with Gasteiger partial charge in [-0.05, 0) is 25.7 Å². The highest BCUT2D eigenvalue weighted by molar-refractivity contribution is 5.96. The van der Waals surface area contributed by atoms with E-state index in [1.54, 1.807) is 12.1 Å². The van der Waals surface area contributed by atoms with Gasteiger partial charge in [0.1, 0.15) is 0 Å². The molecule has 6 nitrogen and oxygen atoms in total. The van der Waals surface area contributed by atoms with Crippen molar-refractivity contribution in [1.29, 1.82) is 0 Å². The molecule has 0 bridgehead atoms. The van der Waals surface area contributed by atoms with Gasteiger partial charge in [-0.1, -0.05) is 44.7 Å². The lowest BCUT2D eigenvalue weighted by molar-refractivity contribution is -0.385. The van der Waals surface area contributed by atoms with Crippen molar-refractivity contribution in [2.75, 3.05) is 0 Å². The summed E-state index contributed by atoms with van der Waals surface area (Å²) < 4.78 is 0. The Morgan fingerprint density at radius 2 is 1.72 bits per heavy atom. The van der Waals surface area contributed by atoms with Crippen molar-refractivity contribution in [3.63, 3.8) is 0 Å². The van der Waals surface area contributed by atoms with Gasteiger partial charge in [0.2, 0.25) is 0 Å². The van der Waals surface area contributed by atoms with E-state index in [1.165, 1.54) is 12.5 Å². The lowest BCUT2D eigenvalue weighted by Gasteiger charge is -2.06. The second-order valence-electron chi connectivity index (χ2n) is 6.29. The molecule has 0 amide bonds. The summed E-state index contributed by atoms with van der Waals surface area (Å²) in [6, 6.07) is 4.69. The molecule has 138 valence electrons. The monoisotopic (exact) mass is 349 g/mol. The molecule has 0 aliphatic heterocycles. The number of benzene rings is 1. The first-order valence-electron chi connectivity index (χ1n) is 8.98. The number of carboxylic acids is 1. The normalized spacial score (nSPS) is 10.6. The van der Waals surface area contributed by atoms with Crippen molar-refractivity contribution in [3.8, 4) is 0 Å². The molecule has 6 heteroatoms. The molecule has 1 aromatic carbocycles. The summed E-state index contributed by atoms with van der Waals surface area (Å²) >= 11 is 0. The highest BCUT2D eigenvalue weighted by Crippen LogP contribution is 2.24. The minimum Gasteiger partial charge on any atom is -0.481 e. The quantitative estimate of drug-likeness (QED) is 0.235. The molecule has 0 saturated carbocycles. The van der Waals surface area contributed by atoms with Crippen LogP contribution in [0, 0.1) is 10.1 Å². The molecule has 1 N–H and O–H groups in total. The smallest absolute Gasteiger partial charge is 0.303 e. The number of ketones is 1. The summed E-state index contributed by atoms with van der Waals surface area (Å²) in [6.07, 6.45) is 7.21. The van der Waals surface area contributed by atoms with E-state index in [2.05, 4.69) is 6.92 Å². The Balaban J connectivity index is 2.64. The Morgan fingerprint density at radius 1 is 1.04 bits per heavy atom. The molecule has 0 fully saturated rings. The summed E-state index contributed by atoms with van der Waals surface area (Å²) in [5.74, 6) is -1.06. The van der Waals surface area contributed by atoms with Crippen molar-refractivity contribution < 1.29 is 19.6 Å². The average molecular weight is 349 g/mol. The predicted octanol–water partition coefficient (Wildman–Crippen LogP) is 4.94. The third kappa shape index (κ3) is 7.92. The van der Waals surface area contributed by atoms with Gasteiger partial charge < -0.3 is 5.11 Å². The number of aryl methyl sites for hydroxylation is 1. The third-order valence-corrected chi connectivity index (χ3v) is 4.20. The second-order valence-corrected chi connectivity index (χ2v) is 6.29. The highest BCUT2D eigenvalue weighted by atomic mass is 16.6. The minimum absolute atomic E-state index is 0.00637. The van der Waals surface area contributed by atoms with Crippen LogP contribution in [0.3, 0.4) is 0 Å². The number of nitro groups is 1. The Hall–Kier alpha value is -2.24. The van der Waals surface area contributed by atoms with Crippen LogP contribution in [0.4, 0.5) is 5.69 Å². The van der Waals surface area contributed by atoms with E-state index in [-0.39, 0.29) is 24.3 Å². The summed E-state index contributed by atoms with van der Waals surface area (Å²) in [4.78, 5) is 33.5. The lowest BCUT2D eigenvalue weighted by Crippen LogP contribution is -2.03. The van der Waals surface area contributed by atoms with Crippen LogP contribution in [0.1, 0.15) is 80.6 Å². The number of hydrogen-bond donors (Lipinski definition) is 1. The first kappa shape index (κ1) is 20.8. The van der Waals surface area contributed by atoms with Crippen molar-refractivity contribution in [2.24, 2.45) is 0 Å². The highest BCUT2D eigenvalue weighted by Gasteiger charge is 2.17. The number of nitrogens with zero attached hydrogens (tertiary/aromatic N) is 1. The maximum Gasteiger partial charge on any atom is 0.303 e. The van der Waals surface area contributed by atoms with Crippen LogP contribution in [-0.4, -0.2) is 21.8 Å². The number of rotatable bonds is 13. The maximum atomic E-state index is 12.1. The number of carboxylic acid groups (broad SMARTS) is 1. The van der Waals surface area contributed by atoms with Crippen molar-refractivity contribution in [1.82, 2.24) is 0 Å². The van der Waals surface area contributed by atoms with Crippen LogP contribution in [0.25, 0.3) is 0 Å². The maximum absolute atomic E-state index is 12.1. The molecular formula is C19H27NO5. The number of carbonyl (C=O) groups excluding carboxylic acids is 1. The summed E-state index contributed by atoms with van der Waals surface area (Å²) in [5, 5.41) is 19.9. The minimum atomic E-state index is -0.883. The van der Waals surface area contributed by atoms with E-state index >= 15 is 0 Å². The standard InChI is InChI=1S/C19H27NO5/c1-2-3-4-5-6-9-15-12-13-16(14-17(15)20(24)25)18(21)10-7-8-11-19(22)23/h12-14H,2-11H2,1H3,(H,22,23). The fraction of sp³-hybridized carbons (Fsp3) is 0.579. The van der Waals surface area contributed by atoms with Crippen LogP contribution in [-0.2, 0) is 11.2 Å². The zero-order valence-electron chi connectivity index (χ0n) is 14.8. The van der Waals surface area contributed by atoms with Gasteiger partial charge in [-0.15, -0.1) is 0 Å². The van der Waals surface area contributed by atoms with Crippen molar-refractivity contribution >= 4 is 17.4 Å².